The molecule has 0 amide bonds. The molecular formula is C18H20N2O5. The molecule has 0 unspecified atom stereocenters. The zero-order valence-electron chi connectivity index (χ0n) is 14.3. The van der Waals surface area contributed by atoms with Crippen molar-refractivity contribution < 1.29 is 24.1 Å². The number of methoxy groups -OCH3 is 2. The van der Waals surface area contributed by atoms with E-state index in [1.165, 1.54) is 12.1 Å². The average Bonchev–Trinajstić information content (AvgIpc) is 2.62. The molecular weight excluding hydrogens is 324 g/mol. The van der Waals surface area contributed by atoms with Crippen molar-refractivity contribution in [2.24, 2.45) is 5.10 Å². The third kappa shape index (κ3) is 4.63. The number of nitrogens with one attached hydrogen (secondary N) is 1. The highest BCUT2D eigenvalue weighted by Gasteiger charge is 2.13. The van der Waals surface area contributed by atoms with Crippen molar-refractivity contribution in [1.29, 1.82) is 0 Å². The fourth-order valence-corrected chi connectivity index (χ4v) is 2.16. The Labute approximate surface area is 145 Å². The summed E-state index contributed by atoms with van der Waals surface area (Å²) in [5.74, 6) is 0.617. The second-order valence-corrected chi connectivity index (χ2v) is 4.94. The minimum Gasteiger partial charge on any atom is -0.493 e. The van der Waals surface area contributed by atoms with Crippen molar-refractivity contribution in [1.82, 2.24) is 0 Å². The first-order valence-electron chi connectivity index (χ1n) is 7.60. The minimum atomic E-state index is -0.992. The standard InChI is InChI=1S/C18H20N2O5/c1-4-25-17-15(23-2)8-12(9-16(17)24-3)11-19-20-14-7-5-6-13(10-14)18(21)22/h5-11,20H,4H2,1-3H3,(H,21,22)/b19-11+. The Hall–Kier alpha value is -3.22. The van der Waals surface area contributed by atoms with Gasteiger partial charge in [0.1, 0.15) is 0 Å². The Morgan fingerprint density at radius 2 is 1.88 bits per heavy atom. The van der Waals surface area contributed by atoms with E-state index in [-0.39, 0.29) is 5.56 Å². The summed E-state index contributed by atoms with van der Waals surface area (Å²) >= 11 is 0. The van der Waals surface area contributed by atoms with E-state index in [9.17, 15) is 4.79 Å². The second kappa shape index (κ2) is 8.58. The van der Waals surface area contributed by atoms with Gasteiger partial charge >= 0.3 is 5.97 Å². The molecule has 0 saturated carbocycles. The number of rotatable bonds is 8. The molecule has 2 aromatic carbocycles. The first kappa shape index (κ1) is 18.1. The summed E-state index contributed by atoms with van der Waals surface area (Å²) in [6.07, 6.45) is 1.58. The molecule has 0 radical (unpaired) electrons. The molecule has 132 valence electrons. The van der Waals surface area contributed by atoms with Crippen LogP contribution in [-0.4, -0.2) is 38.1 Å². The van der Waals surface area contributed by atoms with Gasteiger partial charge in [0, 0.05) is 5.56 Å². The number of carboxylic acid groups (broad SMARTS) is 1. The third-order valence-corrected chi connectivity index (χ3v) is 3.29. The highest BCUT2D eigenvalue weighted by molar-refractivity contribution is 5.89. The molecule has 7 heteroatoms. The smallest absolute Gasteiger partial charge is 0.335 e. The largest absolute Gasteiger partial charge is 0.493 e. The molecule has 2 aromatic rings. The van der Waals surface area contributed by atoms with Crippen LogP contribution in [0.2, 0.25) is 0 Å². The van der Waals surface area contributed by atoms with Gasteiger partial charge in [0.2, 0.25) is 5.75 Å². The van der Waals surface area contributed by atoms with Gasteiger partial charge in [-0.1, -0.05) is 6.07 Å². The summed E-state index contributed by atoms with van der Waals surface area (Å²) in [5.41, 5.74) is 4.29. The number of carboxylic acids is 1. The molecule has 25 heavy (non-hydrogen) atoms. The van der Waals surface area contributed by atoms with E-state index < -0.39 is 5.97 Å². The Morgan fingerprint density at radius 3 is 2.44 bits per heavy atom. The lowest BCUT2D eigenvalue weighted by atomic mass is 10.2. The minimum absolute atomic E-state index is 0.185. The molecule has 0 aliphatic carbocycles. The van der Waals surface area contributed by atoms with Crippen molar-refractivity contribution in [3.05, 3.63) is 47.5 Å². The van der Waals surface area contributed by atoms with Gasteiger partial charge in [0.05, 0.1) is 38.3 Å². The molecule has 0 bridgehead atoms. The zero-order chi connectivity index (χ0) is 18.2. The highest BCUT2D eigenvalue weighted by Crippen LogP contribution is 2.38. The van der Waals surface area contributed by atoms with Crippen LogP contribution in [0.3, 0.4) is 0 Å². The number of nitrogens with zero attached hydrogens (tertiary/aromatic N) is 1. The van der Waals surface area contributed by atoms with Gasteiger partial charge in [0.25, 0.3) is 0 Å². The molecule has 0 aromatic heterocycles. The third-order valence-electron chi connectivity index (χ3n) is 3.29. The lowest BCUT2D eigenvalue weighted by molar-refractivity contribution is 0.0697. The van der Waals surface area contributed by atoms with Gasteiger partial charge in [-0.3, -0.25) is 5.43 Å². The van der Waals surface area contributed by atoms with Crippen LogP contribution in [0.15, 0.2) is 41.5 Å². The molecule has 0 spiro atoms. The summed E-state index contributed by atoms with van der Waals surface area (Å²) in [6, 6.07) is 9.92. The van der Waals surface area contributed by atoms with Gasteiger partial charge < -0.3 is 19.3 Å². The van der Waals surface area contributed by atoms with Crippen LogP contribution in [0.25, 0.3) is 0 Å². The van der Waals surface area contributed by atoms with Crippen LogP contribution < -0.4 is 19.6 Å². The highest BCUT2D eigenvalue weighted by atomic mass is 16.5. The van der Waals surface area contributed by atoms with E-state index in [1.807, 2.05) is 6.92 Å². The Balaban J connectivity index is 2.20. The molecule has 0 heterocycles. The number of benzene rings is 2. The molecule has 7 nitrogen and oxygen atoms in total. The SMILES string of the molecule is CCOc1c(OC)cc(/C=N/Nc2cccc(C(=O)O)c2)cc1OC. The van der Waals surface area contributed by atoms with Crippen LogP contribution in [0, 0.1) is 0 Å². The first-order valence-corrected chi connectivity index (χ1v) is 7.60. The summed E-state index contributed by atoms with van der Waals surface area (Å²) in [6.45, 7) is 2.37. The summed E-state index contributed by atoms with van der Waals surface area (Å²) in [5, 5.41) is 13.1. The quantitative estimate of drug-likeness (QED) is 0.564. The van der Waals surface area contributed by atoms with Crippen LogP contribution in [0.1, 0.15) is 22.8 Å². The van der Waals surface area contributed by atoms with E-state index in [0.717, 1.165) is 5.56 Å². The number of carbonyl (C=O) groups is 1. The van der Waals surface area contributed by atoms with E-state index in [2.05, 4.69) is 10.5 Å². The monoisotopic (exact) mass is 344 g/mol. The van der Waals surface area contributed by atoms with Crippen molar-refractivity contribution in [2.45, 2.75) is 6.92 Å². The fourth-order valence-electron chi connectivity index (χ4n) is 2.16. The maximum atomic E-state index is 11.0. The summed E-state index contributed by atoms with van der Waals surface area (Å²) in [7, 11) is 3.10. The van der Waals surface area contributed by atoms with Crippen LogP contribution in [0.5, 0.6) is 17.2 Å². The second-order valence-electron chi connectivity index (χ2n) is 4.94. The number of ether oxygens (including phenoxy) is 3. The van der Waals surface area contributed by atoms with Crippen molar-refractivity contribution >= 4 is 17.9 Å². The predicted molar refractivity (Wildman–Crippen MR) is 95.3 cm³/mol. The van der Waals surface area contributed by atoms with Crippen molar-refractivity contribution in [2.75, 3.05) is 26.3 Å². The van der Waals surface area contributed by atoms with E-state index in [4.69, 9.17) is 19.3 Å². The van der Waals surface area contributed by atoms with Crippen molar-refractivity contribution in [3.63, 3.8) is 0 Å². The first-order chi connectivity index (χ1) is 12.1. The van der Waals surface area contributed by atoms with E-state index in [1.54, 1.807) is 44.7 Å². The average molecular weight is 344 g/mol. The van der Waals surface area contributed by atoms with Crippen LogP contribution >= 0.6 is 0 Å². The van der Waals surface area contributed by atoms with Crippen molar-refractivity contribution in [3.8, 4) is 17.2 Å². The van der Waals surface area contributed by atoms with Gasteiger partial charge in [-0.05, 0) is 37.3 Å². The van der Waals surface area contributed by atoms with Gasteiger partial charge in [-0.25, -0.2) is 4.79 Å². The molecule has 2 N–H and O–H groups in total. The Kier molecular flexibility index (Phi) is 6.22. The van der Waals surface area contributed by atoms with E-state index in [0.29, 0.717) is 29.5 Å². The number of hydrogen-bond donors (Lipinski definition) is 2. The van der Waals surface area contributed by atoms with Crippen LogP contribution in [0.4, 0.5) is 5.69 Å². The maximum absolute atomic E-state index is 11.0. The molecule has 0 fully saturated rings. The molecule has 0 saturated heterocycles. The number of anilines is 1. The lowest BCUT2D eigenvalue weighted by Gasteiger charge is -2.14. The number of hydrogen-bond acceptors (Lipinski definition) is 6. The molecule has 0 atom stereocenters. The summed E-state index contributed by atoms with van der Waals surface area (Å²) in [4.78, 5) is 11.0. The van der Waals surface area contributed by atoms with Gasteiger partial charge in [0.15, 0.2) is 11.5 Å². The summed E-state index contributed by atoms with van der Waals surface area (Å²) < 4.78 is 16.2. The fraction of sp³-hybridized carbons (Fsp3) is 0.222. The number of aromatic carboxylic acids is 1. The van der Waals surface area contributed by atoms with Crippen LogP contribution in [-0.2, 0) is 0 Å². The number of hydrazone groups is 1. The molecule has 0 aliphatic heterocycles. The normalized spacial score (nSPS) is 10.5. The molecule has 0 aliphatic rings. The Bertz CT molecular complexity index is 749. The van der Waals surface area contributed by atoms with Gasteiger partial charge in [-0.2, -0.15) is 5.10 Å². The maximum Gasteiger partial charge on any atom is 0.335 e. The predicted octanol–water partition coefficient (Wildman–Crippen LogP) is 3.25. The van der Waals surface area contributed by atoms with E-state index >= 15 is 0 Å². The zero-order valence-corrected chi connectivity index (χ0v) is 14.3. The topological polar surface area (TPSA) is 89.4 Å². The lowest BCUT2D eigenvalue weighted by Crippen LogP contribution is -2.00. The van der Waals surface area contributed by atoms with Gasteiger partial charge in [-0.15, -0.1) is 0 Å². The molecule has 2 rings (SSSR count). The Morgan fingerprint density at radius 1 is 1.20 bits per heavy atom.